The predicted molar refractivity (Wildman–Crippen MR) is 86.8 cm³/mol. The van der Waals surface area contributed by atoms with E-state index in [2.05, 4.69) is 55.3 Å². The minimum absolute atomic E-state index is 0.237. The van der Waals surface area contributed by atoms with Crippen molar-refractivity contribution in [1.82, 2.24) is 10.2 Å². The first-order valence-electron chi connectivity index (χ1n) is 8.38. The van der Waals surface area contributed by atoms with Gasteiger partial charge in [0.1, 0.15) is 5.75 Å². The van der Waals surface area contributed by atoms with Crippen LogP contribution in [0.4, 0.5) is 0 Å². The lowest BCUT2D eigenvalue weighted by Gasteiger charge is -2.30. The number of hydrogen-bond acceptors (Lipinski definition) is 3. The van der Waals surface area contributed by atoms with Crippen LogP contribution in [0.1, 0.15) is 51.6 Å². The zero-order valence-corrected chi connectivity index (χ0v) is 13.5. The van der Waals surface area contributed by atoms with Crippen molar-refractivity contribution in [2.75, 3.05) is 13.1 Å². The molecule has 0 radical (unpaired) electrons. The second-order valence-corrected chi connectivity index (χ2v) is 6.83. The van der Waals surface area contributed by atoms with E-state index in [1.165, 1.54) is 37.9 Å². The van der Waals surface area contributed by atoms with Crippen molar-refractivity contribution in [3.63, 3.8) is 0 Å². The molecule has 0 spiro atoms. The highest BCUT2D eigenvalue weighted by Crippen LogP contribution is 2.28. The van der Waals surface area contributed by atoms with Crippen LogP contribution in [0, 0.1) is 0 Å². The third-order valence-electron chi connectivity index (χ3n) is 4.84. The number of nitrogens with one attached hydrogen (secondary N) is 1. The highest BCUT2D eigenvalue weighted by Gasteiger charge is 2.31. The summed E-state index contributed by atoms with van der Waals surface area (Å²) in [7, 11) is 0. The molecule has 2 heterocycles. The van der Waals surface area contributed by atoms with Gasteiger partial charge in [-0.1, -0.05) is 12.1 Å². The van der Waals surface area contributed by atoms with Crippen molar-refractivity contribution in [2.24, 2.45) is 0 Å². The molecule has 0 saturated carbocycles. The van der Waals surface area contributed by atoms with E-state index in [4.69, 9.17) is 4.74 Å². The minimum Gasteiger partial charge on any atom is -0.491 e. The zero-order chi connectivity index (χ0) is 14.8. The lowest BCUT2D eigenvalue weighted by atomic mass is 10.0. The summed E-state index contributed by atoms with van der Waals surface area (Å²) >= 11 is 0. The molecule has 2 saturated heterocycles. The molecule has 0 amide bonds. The average molecular weight is 288 g/mol. The lowest BCUT2D eigenvalue weighted by Crippen LogP contribution is -2.36. The van der Waals surface area contributed by atoms with Crippen LogP contribution in [0.2, 0.25) is 0 Å². The maximum atomic E-state index is 5.73. The summed E-state index contributed by atoms with van der Waals surface area (Å²) in [5, 5.41) is 3.76. The van der Waals surface area contributed by atoms with Crippen molar-refractivity contribution in [3.05, 3.63) is 29.8 Å². The van der Waals surface area contributed by atoms with E-state index in [9.17, 15) is 0 Å². The van der Waals surface area contributed by atoms with Gasteiger partial charge in [0, 0.05) is 31.2 Å². The lowest BCUT2D eigenvalue weighted by molar-refractivity contribution is 0.199. The third kappa shape index (κ3) is 3.58. The molecule has 1 N–H and O–H groups in total. The number of rotatable bonds is 4. The fourth-order valence-electron chi connectivity index (χ4n) is 3.63. The van der Waals surface area contributed by atoms with E-state index >= 15 is 0 Å². The van der Waals surface area contributed by atoms with E-state index in [0.29, 0.717) is 12.1 Å². The monoisotopic (exact) mass is 288 g/mol. The maximum absolute atomic E-state index is 5.73. The molecular weight excluding hydrogens is 260 g/mol. The summed E-state index contributed by atoms with van der Waals surface area (Å²) in [6, 6.07) is 10.6. The van der Waals surface area contributed by atoms with Gasteiger partial charge >= 0.3 is 0 Å². The fourth-order valence-corrected chi connectivity index (χ4v) is 3.63. The molecule has 1 aromatic rings. The summed E-state index contributed by atoms with van der Waals surface area (Å²) in [5.41, 5.74) is 1.39. The molecule has 3 nitrogen and oxygen atoms in total. The molecular formula is C18H28N2O. The Bertz CT molecular complexity index is 457. The van der Waals surface area contributed by atoms with Crippen LogP contribution in [0.5, 0.6) is 5.75 Å². The van der Waals surface area contributed by atoms with E-state index in [-0.39, 0.29) is 6.10 Å². The zero-order valence-electron chi connectivity index (χ0n) is 13.5. The van der Waals surface area contributed by atoms with Gasteiger partial charge in [0.05, 0.1) is 6.10 Å². The number of nitrogens with zero attached hydrogens (tertiary/aromatic N) is 1. The second-order valence-electron chi connectivity index (χ2n) is 6.83. The topological polar surface area (TPSA) is 24.5 Å². The Labute approximate surface area is 128 Å². The molecule has 3 rings (SSSR count). The number of ether oxygens (including phenoxy) is 1. The number of benzene rings is 1. The molecule has 2 aliphatic heterocycles. The van der Waals surface area contributed by atoms with Crippen LogP contribution in [-0.4, -0.2) is 36.2 Å². The van der Waals surface area contributed by atoms with Crippen LogP contribution in [0.25, 0.3) is 0 Å². The second kappa shape index (κ2) is 6.37. The molecule has 0 aromatic heterocycles. The Hall–Kier alpha value is -1.06. The van der Waals surface area contributed by atoms with Crippen LogP contribution in [-0.2, 0) is 0 Å². The smallest absolute Gasteiger partial charge is 0.119 e. The van der Waals surface area contributed by atoms with Crippen LogP contribution >= 0.6 is 0 Å². The number of fused-ring (bicyclic) bond motifs is 2. The van der Waals surface area contributed by atoms with Gasteiger partial charge in [-0.3, -0.25) is 4.90 Å². The van der Waals surface area contributed by atoms with Gasteiger partial charge in [0.15, 0.2) is 0 Å². The van der Waals surface area contributed by atoms with Crippen molar-refractivity contribution in [3.8, 4) is 5.75 Å². The standard InChI is InChI=1S/C18H28N2O/c1-13(2)21-18-8-4-15(5-9-18)14(3)20-11-10-16-6-7-17(12-20)19-16/h4-5,8-9,13-14,16-17,19H,6-7,10-12H2,1-3H3. The van der Waals surface area contributed by atoms with Gasteiger partial charge in [-0.25, -0.2) is 0 Å². The Morgan fingerprint density at radius 3 is 2.48 bits per heavy atom. The molecule has 21 heavy (non-hydrogen) atoms. The summed E-state index contributed by atoms with van der Waals surface area (Å²) < 4.78 is 5.73. The van der Waals surface area contributed by atoms with E-state index in [1.54, 1.807) is 0 Å². The summed E-state index contributed by atoms with van der Waals surface area (Å²) in [6.45, 7) is 8.85. The van der Waals surface area contributed by atoms with Gasteiger partial charge in [-0.05, 0) is 57.7 Å². The van der Waals surface area contributed by atoms with Crippen LogP contribution < -0.4 is 10.1 Å². The summed E-state index contributed by atoms with van der Waals surface area (Å²) in [6.07, 6.45) is 4.24. The first kappa shape index (κ1) is 14.9. The first-order chi connectivity index (χ1) is 10.1. The molecule has 0 aliphatic carbocycles. The van der Waals surface area contributed by atoms with Gasteiger partial charge < -0.3 is 10.1 Å². The highest BCUT2D eigenvalue weighted by atomic mass is 16.5. The SMILES string of the molecule is CC(C)Oc1ccc(C(C)N2CCC3CCC(C2)N3)cc1. The Morgan fingerprint density at radius 1 is 1.05 bits per heavy atom. The van der Waals surface area contributed by atoms with E-state index < -0.39 is 0 Å². The van der Waals surface area contributed by atoms with Crippen LogP contribution in [0.15, 0.2) is 24.3 Å². The quantitative estimate of drug-likeness (QED) is 0.919. The van der Waals surface area contributed by atoms with Gasteiger partial charge in [-0.2, -0.15) is 0 Å². The van der Waals surface area contributed by atoms with Crippen molar-refractivity contribution in [1.29, 1.82) is 0 Å². The molecule has 116 valence electrons. The Balaban J connectivity index is 1.65. The largest absolute Gasteiger partial charge is 0.491 e. The summed E-state index contributed by atoms with van der Waals surface area (Å²) in [4.78, 5) is 2.63. The molecule has 2 aliphatic rings. The van der Waals surface area contributed by atoms with Gasteiger partial charge in [0.2, 0.25) is 0 Å². The normalized spacial score (nSPS) is 27.6. The Morgan fingerprint density at radius 2 is 1.76 bits per heavy atom. The molecule has 2 fully saturated rings. The maximum Gasteiger partial charge on any atom is 0.119 e. The Kier molecular flexibility index (Phi) is 4.51. The minimum atomic E-state index is 0.237. The number of likely N-dealkylation sites (tertiary alicyclic amines) is 1. The van der Waals surface area contributed by atoms with Crippen molar-refractivity contribution < 1.29 is 4.74 Å². The van der Waals surface area contributed by atoms with Crippen molar-refractivity contribution >= 4 is 0 Å². The van der Waals surface area contributed by atoms with Gasteiger partial charge in [0.25, 0.3) is 0 Å². The predicted octanol–water partition coefficient (Wildman–Crippen LogP) is 3.36. The number of hydrogen-bond donors (Lipinski definition) is 1. The molecule has 1 aromatic carbocycles. The fraction of sp³-hybridized carbons (Fsp3) is 0.667. The van der Waals surface area contributed by atoms with Crippen molar-refractivity contribution in [2.45, 2.75) is 64.3 Å². The third-order valence-corrected chi connectivity index (χ3v) is 4.84. The molecule has 3 atom stereocenters. The highest BCUT2D eigenvalue weighted by molar-refractivity contribution is 5.29. The molecule has 3 heteroatoms. The van der Waals surface area contributed by atoms with E-state index in [0.717, 1.165) is 11.8 Å². The first-order valence-corrected chi connectivity index (χ1v) is 8.38. The molecule has 2 bridgehead atoms. The average Bonchev–Trinajstić information content (AvgIpc) is 2.78. The van der Waals surface area contributed by atoms with E-state index in [1.807, 2.05) is 0 Å². The van der Waals surface area contributed by atoms with Gasteiger partial charge in [-0.15, -0.1) is 0 Å². The molecule has 3 unspecified atom stereocenters. The summed E-state index contributed by atoms with van der Waals surface area (Å²) in [5.74, 6) is 0.970. The van der Waals surface area contributed by atoms with Crippen LogP contribution in [0.3, 0.4) is 0 Å².